The molecule has 0 saturated carbocycles. The number of anilines is 1. The van der Waals surface area contributed by atoms with Crippen molar-refractivity contribution in [2.24, 2.45) is 10.2 Å². The molecule has 0 N–H and O–H groups in total. The second-order valence-corrected chi connectivity index (χ2v) is 8.41. The third kappa shape index (κ3) is 5.52. The van der Waals surface area contributed by atoms with Gasteiger partial charge in [0.15, 0.2) is 9.84 Å². The van der Waals surface area contributed by atoms with E-state index < -0.39 is 9.84 Å². The standard InChI is InChI=1S/C19H21ClN4O2S/c1-3-24(13-5-12-21)16-8-6-15(7-9-16)22-23-19-11-10-17(14-18(19)20)27(25,26)4-2/h6-11,14H,3-5,13H2,1-2H3. The maximum atomic E-state index is 11.9. The molecular weight excluding hydrogens is 384 g/mol. The van der Waals surface area contributed by atoms with E-state index in [1.54, 1.807) is 13.0 Å². The maximum absolute atomic E-state index is 11.9. The van der Waals surface area contributed by atoms with E-state index in [1.165, 1.54) is 12.1 Å². The number of sulfone groups is 1. The summed E-state index contributed by atoms with van der Waals surface area (Å²) in [5.74, 6) is 0.0136. The van der Waals surface area contributed by atoms with Crippen LogP contribution in [0.1, 0.15) is 20.3 Å². The van der Waals surface area contributed by atoms with E-state index in [0.717, 1.165) is 12.2 Å². The highest BCUT2D eigenvalue weighted by Crippen LogP contribution is 2.30. The highest BCUT2D eigenvalue weighted by molar-refractivity contribution is 7.91. The topological polar surface area (TPSA) is 85.9 Å². The van der Waals surface area contributed by atoms with E-state index in [4.69, 9.17) is 16.9 Å². The van der Waals surface area contributed by atoms with Crippen molar-refractivity contribution in [3.63, 3.8) is 0 Å². The molecule has 0 heterocycles. The van der Waals surface area contributed by atoms with Crippen molar-refractivity contribution in [1.82, 2.24) is 0 Å². The van der Waals surface area contributed by atoms with Crippen LogP contribution in [0.5, 0.6) is 0 Å². The van der Waals surface area contributed by atoms with Crippen molar-refractivity contribution in [2.75, 3.05) is 23.7 Å². The zero-order valence-electron chi connectivity index (χ0n) is 15.3. The van der Waals surface area contributed by atoms with Crippen molar-refractivity contribution in [3.8, 4) is 6.07 Å². The Balaban J connectivity index is 2.15. The fourth-order valence-electron chi connectivity index (χ4n) is 2.43. The molecule has 0 atom stereocenters. The molecule has 0 aliphatic carbocycles. The van der Waals surface area contributed by atoms with E-state index in [0.29, 0.717) is 24.3 Å². The molecular formula is C19H21ClN4O2S. The van der Waals surface area contributed by atoms with E-state index in [9.17, 15) is 8.42 Å². The molecule has 0 fully saturated rings. The molecule has 0 aromatic heterocycles. The third-order valence-electron chi connectivity index (χ3n) is 4.02. The first-order valence-electron chi connectivity index (χ1n) is 8.57. The maximum Gasteiger partial charge on any atom is 0.178 e. The Morgan fingerprint density at radius 2 is 1.81 bits per heavy atom. The highest BCUT2D eigenvalue weighted by atomic mass is 35.5. The summed E-state index contributed by atoms with van der Waals surface area (Å²) >= 11 is 6.14. The van der Waals surface area contributed by atoms with Crippen LogP contribution >= 0.6 is 11.6 Å². The van der Waals surface area contributed by atoms with E-state index in [2.05, 4.69) is 21.2 Å². The summed E-state index contributed by atoms with van der Waals surface area (Å²) in [6.45, 7) is 5.11. The largest absolute Gasteiger partial charge is 0.371 e. The van der Waals surface area contributed by atoms with E-state index in [1.807, 2.05) is 31.2 Å². The molecule has 0 aliphatic rings. The Morgan fingerprint density at radius 1 is 1.11 bits per heavy atom. The fourth-order valence-corrected chi connectivity index (χ4v) is 3.61. The van der Waals surface area contributed by atoms with Crippen LogP contribution in [0.25, 0.3) is 0 Å². The zero-order chi connectivity index (χ0) is 19.9. The van der Waals surface area contributed by atoms with Gasteiger partial charge < -0.3 is 4.90 Å². The average Bonchev–Trinajstić information content (AvgIpc) is 2.68. The second-order valence-electron chi connectivity index (χ2n) is 5.72. The molecule has 6 nitrogen and oxygen atoms in total. The number of nitrogens with zero attached hydrogens (tertiary/aromatic N) is 4. The van der Waals surface area contributed by atoms with Crippen LogP contribution in [0.2, 0.25) is 5.02 Å². The highest BCUT2D eigenvalue weighted by Gasteiger charge is 2.13. The molecule has 0 bridgehead atoms. The average molecular weight is 405 g/mol. The number of rotatable bonds is 8. The summed E-state index contributed by atoms with van der Waals surface area (Å²) in [6, 6.07) is 14.1. The van der Waals surface area contributed by atoms with Gasteiger partial charge in [0.05, 0.1) is 33.8 Å². The first-order valence-corrected chi connectivity index (χ1v) is 10.6. The number of hydrogen-bond acceptors (Lipinski definition) is 6. The summed E-state index contributed by atoms with van der Waals surface area (Å²) in [5.41, 5.74) is 2.07. The first-order chi connectivity index (χ1) is 12.9. The summed E-state index contributed by atoms with van der Waals surface area (Å²) in [6.07, 6.45) is 0.470. The summed E-state index contributed by atoms with van der Waals surface area (Å²) in [7, 11) is -3.31. The molecule has 27 heavy (non-hydrogen) atoms. The molecule has 0 saturated heterocycles. The van der Waals surface area contributed by atoms with Gasteiger partial charge in [0.1, 0.15) is 5.69 Å². The lowest BCUT2D eigenvalue weighted by Crippen LogP contribution is -2.23. The Labute approximate surface area is 165 Å². The van der Waals surface area contributed by atoms with Crippen molar-refractivity contribution in [2.45, 2.75) is 25.2 Å². The Bertz CT molecular complexity index is 951. The van der Waals surface area contributed by atoms with E-state index >= 15 is 0 Å². The van der Waals surface area contributed by atoms with Gasteiger partial charge in [-0.05, 0) is 49.4 Å². The minimum absolute atomic E-state index is 0.0136. The van der Waals surface area contributed by atoms with Crippen LogP contribution in [0.3, 0.4) is 0 Å². The summed E-state index contributed by atoms with van der Waals surface area (Å²) in [5, 5.41) is 17.2. The molecule has 2 aromatic rings. The lowest BCUT2D eigenvalue weighted by Gasteiger charge is -2.21. The van der Waals surface area contributed by atoms with Crippen molar-refractivity contribution in [3.05, 3.63) is 47.5 Å². The van der Waals surface area contributed by atoms with Crippen LogP contribution < -0.4 is 4.90 Å². The van der Waals surface area contributed by atoms with E-state index in [-0.39, 0.29) is 15.7 Å². The number of benzene rings is 2. The van der Waals surface area contributed by atoms with Gasteiger partial charge in [-0.1, -0.05) is 18.5 Å². The van der Waals surface area contributed by atoms with Crippen molar-refractivity contribution in [1.29, 1.82) is 5.26 Å². The monoisotopic (exact) mass is 404 g/mol. The van der Waals surface area contributed by atoms with Crippen molar-refractivity contribution < 1.29 is 8.42 Å². The Morgan fingerprint density at radius 3 is 2.37 bits per heavy atom. The number of halogens is 1. The lowest BCUT2D eigenvalue weighted by molar-refractivity contribution is 0.597. The number of nitriles is 1. The molecule has 0 unspecified atom stereocenters. The predicted octanol–water partition coefficient (Wildman–Crippen LogP) is 5.29. The molecule has 142 valence electrons. The fraction of sp³-hybridized carbons (Fsp3) is 0.316. The zero-order valence-corrected chi connectivity index (χ0v) is 16.8. The van der Waals surface area contributed by atoms with Gasteiger partial charge in [-0.2, -0.15) is 10.4 Å². The summed E-state index contributed by atoms with van der Waals surface area (Å²) in [4.78, 5) is 2.28. The van der Waals surface area contributed by atoms with Gasteiger partial charge in [0.2, 0.25) is 0 Å². The Kier molecular flexibility index (Phi) is 7.34. The molecule has 8 heteroatoms. The quantitative estimate of drug-likeness (QED) is 0.559. The second kappa shape index (κ2) is 9.49. The smallest absolute Gasteiger partial charge is 0.178 e. The van der Waals surface area contributed by atoms with Gasteiger partial charge in [-0.3, -0.25) is 0 Å². The van der Waals surface area contributed by atoms with Gasteiger partial charge in [-0.25, -0.2) is 8.42 Å². The van der Waals surface area contributed by atoms with Gasteiger partial charge >= 0.3 is 0 Å². The molecule has 2 rings (SSSR count). The minimum atomic E-state index is -3.31. The molecule has 0 aliphatic heterocycles. The van der Waals surface area contributed by atoms with Gasteiger partial charge in [0, 0.05) is 18.8 Å². The number of hydrogen-bond donors (Lipinski definition) is 0. The molecule has 0 radical (unpaired) electrons. The molecule has 0 amide bonds. The van der Waals surface area contributed by atoms with Crippen molar-refractivity contribution >= 4 is 38.5 Å². The Hall–Kier alpha value is -2.43. The van der Waals surface area contributed by atoms with Gasteiger partial charge in [-0.15, -0.1) is 5.11 Å². The van der Waals surface area contributed by atoms with Crippen LogP contribution in [0, 0.1) is 11.3 Å². The minimum Gasteiger partial charge on any atom is -0.371 e. The predicted molar refractivity (Wildman–Crippen MR) is 108 cm³/mol. The van der Waals surface area contributed by atoms with Crippen LogP contribution in [-0.2, 0) is 9.84 Å². The first kappa shape index (κ1) is 20.9. The lowest BCUT2D eigenvalue weighted by atomic mass is 10.2. The number of azo groups is 1. The van der Waals surface area contributed by atoms with Crippen LogP contribution in [0.15, 0.2) is 57.6 Å². The molecule has 0 spiro atoms. The van der Waals surface area contributed by atoms with Crippen LogP contribution in [0.4, 0.5) is 17.1 Å². The normalized spacial score (nSPS) is 11.5. The van der Waals surface area contributed by atoms with Gasteiger partial charge in [0.25, 0.3) is 0 Å². The SMILES string of the molecule is CCN(CCC#N)c1ccc(N=Nc2ccc(S(=O)(=O)CC)cc2Cl)cc1. The van der Waals surface area contributed by atoms with Crippen LogP contribution in [-0.4, -0.2) is 27.3 Å². The summed E-state index contributed by atoms with van der Waals surface area (Å²) < 4.78 is 23.8. The third-order valence-corrected chi connectivity index (χ3v) is 6.06. The molecule has 2 aromatic carbocycles.